The molecule has 1 saturated heterocycles. The highest BCUT2D eigenvalue weighted by atomic mass is 16.5. The highest BCUT2D eigenvalue weighted by Crippen LogP contribution is 2.21. The van der Waals surface area contributed by atoms with Crippen LogP contribution in [0.4, 0.5) is 16.2 Å². The van der Waals surface area contributed by atoms with Gasteiger partial charge in [-0.3, -0.25) is 5.10 Å². The monoisotopic (exact) mass is 343 g/mol. The van der Waals surface area contributed by atoms with Crippen LogP contribution in [0.25, 0.3) is 0 Å². The van der Waals surface area contributed by atoms with Crippen LogP contribution in [0.5, 0.6) is 0 Å². The zero-order valence-corrected chi connectivity index (χ0v) is 14.2. The summed E-state index contributed by atoms with van der Waals surface area (Å²) < 4.78 is 4.71. The van der Waals surface area contributed by atoms with E-state index in [0.29, 0.717) is 17.8 Å². The van der Waals surface area contributed by atoms with Crippen LogP contribution in [-0.4, -0.2) is 59.9 Å². The quantitative estimate of drug-likeness (QED) is 0.831. The summed E-state index contributed by atoms with van der Waals surface area (Å²) >= 11 is 0. The molecule has 2 aromatic rings. The van der Waals surface area contributed by atoms with Gasteiger partial charge in [0.2, 0.25) is 0 Å². The van der Waals surface area contributed by atoms with Crippen molar-refractivity contribution in [3.63, 3.8) is 0 Å². The first kappa shape index (κ1) is 16.8. The van der Waals surface area contributed by atoms with Crippen LogP contribution in [0.3, 0.4) is 0 Å². The first-order valence-corrected chi connectivity index (χ1v) is 8.08. The summed E-state index contributed by atoms with van der Waals surface area (Å²) in [7, 11) is 1.37. The van der Waals surface area contributed by atoms with Crippen LogP contribution in [0, 0.1) is 0 Å². The van der Waals surface area contributed by atoms with Gasteiger partial charge in [-0.25, -0.2) is 9.59 Å². The number of nitrogens with one attached hydrogen (secondary N) is 2. The van der Waals surface area contributed by atoms with Gasteiger partial charge >= 0.3 is 12.0 Å². The fourth-order valence-corrected chi connectivity index (χ4v) is 2.93. The Labute approximate surface area is 145 Å². The second-order valence-corrected chi connectivity index (χ2v) is 5.94. The number of rotatable bonds is 3. The Hall–Kier alpha value is -3.03. The van der Waals surface area contributed by atoms with Gasteiger partial charge in [-0.15, -0.1) is 0 Å². The maximum atomic E-state index is 12.4. The Bertz CT molecular complexity index is 729. The van der Waals surface area contributed by atoms with E-state index < -0.39 is 0 Å². The summed E-state index contributed by atoms with van der Waals surface area (Å²) in [6.07, 6.45) is 3.21. The second-order valence-electron chi connectivity index (χ2n) is 5.94. The number of anilines is 2. The van der Waals surface area contributed by atoms with Crippen LogP contribution in [0.1, 0.15) is 17.3 Å². The van der Waals surface area contributed by atoms with Gasteiger partial charge in [-0.05, 0) is 31.2 Å². The molecule has 0 unspecified atom stereocenters. The van der Waals surface area contributed by atoms with Gasteiger partial charge in [0.05, 0.1) is 24.6 Å². The number of methoxy groups -OCH3 is 1. The highest BCUT2D eigenvalue weighted by Gasteiger charge is 2.27. The summed E-state index contributed by atoms with van der Waals surface area (Å²) in [5.74, 6) is -0.347. The first-order valence-electron chi connectivity index (χ1n) is 8.08. The number of carbonyl (C=O) groups is 2. The molecule has 3 rings (SSSR count). The fraction of sp³-hybridized carbons (Fsp3) is 0.353. The molecule has 0 spiro atoms. The molecule has 0 radical (unpaired) electrons. The van der Waals surface area contributed by atoms with E-state index in [1.807, 2.05) is 24.0 Å². The van der Waals surface area contributed by atoms with Crippen LogP contribution in [0.2, 0.25) is 0 Å². The Kier molecular flexibility index (Phi) is 4.87. The Morgan fingerprint density at radius 1 is 1.28 bits per heavy atom. The van der Waals surface area contributed by atoms with Crippen LogP contribution >= 0.6 is 0 Å². The molecule has 2 heterocycles. The molecule has 1 fully saturated rings. The minimum Gasteiger partial charge on any atom is -0.465 e. The zero-order chi connectivity index (χ0) is 17.8. The number of esters is 1. The van der Waals surface area contributed by atoms with Crippen molar-refractivity contribution in [2.45, 2.75) is 13.0 Å². The third-order valence-corrected chi connectivity index (χ3v) is 4.29. The van der Waals surface area contributed by atoms with Crippen LogP contribution < -0.4 is 10.2 Å². The molecule has 1 aromatic heterocycles. The average molecular weight is 343 g/mol. The van der Waals surface area contributed by atoms with E-state index in [1.54, 1.807) is 24.5 Å². The van der Waals surface area contributed by atoms with Gasteiger partial charge in [0, 0.05) is 37.6 Å². The van der Waals surface area contributed by atoms with Gasteiger partial charge in [-0.2, -0.15) is 5.10 Å². The van der Waals surface area contributed by atoms with Gasteiger partial charge in [-0.1, -0.05) is 0 Å². The summed E-state index contributed by atoms with van der Waals surface area (Å²) in [5.41, 5.74) is 2.20. The van der Waals surface area contributed by atoms with E-state index in [1.165, 1.54) is 7.11 Å². The predicted molar refractivity (Wildman–Crippen MR) is 93.8 cm³/mol. The number of amides is 2. The van der Waals surface area contributed by atoms with Gasteiger partial charge < -0.3 is 19.9 Å². The molecule has 1 aliphatic rings. The highest BCUT2D eigenvalue weighted by molar-refractivity contribution is 5.90. The molecule has 132 valence electrons. The lowest BCUT2D eigenvalue weighted by Crippen LogP contribution is -2.55. The van der Waals surface area contributed by atoms with Crippen LogP contribution in [-0.2, 0) is 4.74 Å². The SMILES string of the molecule is COC(=O)c1ccc(N2CCN(C(=O)Nc3cn[nH]c3)[C@H](C)C2)cc1. The van der Waals surface area contributed by atoms with Crippen molar-refractivity contribution in [2.24, 2.45) is 0 Å². The zero-order valence-electron chi connectivity index (χ0n) is 14.2. The summed E-state index contributed by atoms with van der Waals surface area (Å²) in [6, 6.07) is 7.24. The summed E-state index contributed by atoms with van der Waals surface area (Å²) in [4.78, 5) is 27.9. The maximum Gasteiger partial charge on any atom is 0.337 e. The average Bonchev–Trinajstić information content (AvgIpc) is 3.14. The number of ether oxygens (including phenoxy) is 1. The number of aromatic nitrogens is 2. The molecule has 1 aliphatic heterocycles. The van der Waals surface area contributed by atoms with Crippen molar-refractivity contribution in [1.82, 2.24) is 15.1 Å². The normalized spacial score (nSPS) is 17.3. The molecule has 0 saturated carbocycles. The molecule has 0 bridgehead atoms. The molecule has 1 atom stereocenters. The molecule has 8 heteroatoms. The van der Waals surface area contributed by atoms with E-state index in [-0.39, 0.29) is 18.0 Å². The Morgan fingerprint density at radius 2 is 2.04 bits per heavy atom. The number of H-pyrrole nitrogens is 1. The molecule has 2 N–H and O–H groups in total. The van der Waals surface area contributed by atoms with E-state index in [2.05, 4.69) is 20.4 Å². The fourth-order valence-electron chi connectivity index (χ4n) is 2.93. The standard InChI is InChI=1S/C17H21N5O3/c1-12-11-21(15-5-3-13(4-6-15)16(23)25-2)7-8-22(12)17(24)20-14-9-18-19-10-14/h3-6,9-10,12H,7-8,11H2,1-2H3,(H,18,19)(H,20,24)/t12-/m1/s1. The van der Waals surface area contributed by atoms with Crippen molar-refractivity contribution in [2.75, 3.05) is 37.0 Å². The van der Waals surface area contributed by atoms with Gasteiger partial charge in [0.1, 0.15) is 0 Å². The lowest BCUT2D eigenvalue weighted by molar-refractivity contribution is 0.0600. The molecular weight excluding hydrogens is 322 g/mol. The molecule has 1 aromatic carbocycles. The Morgan fingerprint density at radius 3 is 2.64 bits per heavy atom. The topological polar surface area (TPSA) is 90.6 Å². The van der Waals surface area contributed by atoms with Crippen molar-refractivity contribution in [3.8, 4) is 0 Å². The number of benzene rings is 1. The number of nitrogens with zero attached hydrogens (tertiary/aromatic N) is 3. The minimum absolute atomic E-state index is 0.0564. The van der Waals surface area contributed by atoms with E-state index >= 15 is 0 Å². The van der Waals surface area contributed by atoms with E-state index in [4.69, 9.17) is 4.74 Å². The third-order valence-electron chi connectivity index (χ3n) is 4.29. The molecular formula is C17H21N5O3. The van der Waals surface area contributed by atoms with Crippen molar-refractivity contribution >= 4 is 23.4 Å². The molecule has 2 amide bonds. The van der Waals surface area contributed by atoms with Gasteiger partial charge in [0.15, 0.2) is 0 Å². The number of carbonyl (C=O) groups excluding carboxylic acids is 2. The molecule has 25 heavy (non-hydrogen) atoms. The number of hydrogen-bond acceptors (Lipinski definition) is 5. The Balaban J connectivity index is 1.61. The molecule has 0 aliphatic carbocycles. The largest absolute Gasteiger partial charge is 0.465 e. The van der Waals surface area contributed by atoms with Crippen molar-refractivity contribution in [1.29, 1.82) is 0 Å². The maximum absolute atomic E-state index is 12.4. The minimum atomic E-state index is -0.347. The van der Waals surface area contributed by atoms with Crippen LogP contribution in [0.15, 0.2) is 36.7 Å². The third kappa shape index (κ3) is 3.73. The predicted octanol–water partition coefficient (Wildman–Crippen LogP) is 1.94. The van der Waals surface area contributed by atoms with Gasteiger partial charge in [0.25, 0.3) is 0 Å². The lowest BCUT2D eigenvalue weighted by Gasteiger charge is -2.40. The number of hydrogen-bond donors (Lipinski definition) is 2. The van der Waals surface area contributed by atoms with E-state index in [9.17, 15) is 9.59 Å². The number of urea groups is 1. The lowest BCUT2D eigenvalue weighted by atomic mass is 10.1. The summed E-state index contributed by atoms with van der Waals surface area (Å²) in [5, 5.41) is 9.31. The summed E-state index contributed by atoms with van der Waals surface area (Å²) in [6.45, 7) is 4.07. The smallest absolute Gasteiger partial charge is 0.337 e. The van der Waals surface area contributed by atoms with Crippen molar-refractivity contribution < 1.29 is 14.3 Å². The number of piperazine rings is 1. The number of aromatic amines is 1. The first-order chi connectivity index (χ1) is 12.1. The van der Waals surface area contributed by atoms with Crippen molar-refractivity contribution in [3.05, 3.63) is 42.2 Å². The molecule has 8 nitrogen and oxygen atoms in total. The second kappa shape index (κ2) is 7.25. The van der Waals surface area contributed by atoms with E-state index in [0.717, 1.165) is 18.8 Å².